The highest BCUT2D eigenvalue weighted by Gasteiger charge is 2.31. The summed E-state index contributed by atoms with van der Waals surface area (Å²) in [6.07, 6.45) is 3.64. The first kappa shape index (κ1) is 14.3. The van der Waals surface area contributed by atoms with E-state index in [0.717, 1.165) is 21.9 Å². The third kappa shape index (κ3) is 3.45. The van der Waals surface area contributed by atoms with Crippen LogP contribution >= 0.6 is 11.8 Å². The third-order valence-electron chi connectivity index (χ3n) is 3.77. The predicted molar refractivity (Wildman–Crippen MR) is 82.6 cm³/mol. The van der Waals surface area contributed by atoms with Gasteiger partial charge >= 0.3 is 0 Å². The molecule has 1 atom stereocenters. The van der Waals surface area contributed by atoms with Crippen molar-refractivity contribution < 1.29 is 0 Å². The van der Waals surface area contributed by atoms with E-state index in [1.807, 2.05) is 18.2 Å². The van der Waals surface area contributed by atoms with Gasteiger partial charge < -0.3 is 5.32 Å². The van der Waals surface area contributed by atoms with Crippen molar-refractivity contribution in [2.45, 2.75) is 51.0 Å². The first-order valence-electron chi connectivity index (χ1n) is 6.98. The molecular weight excluding hydrogens is 252 g/mol. The maximum Gasteiger partial charge on any atom is 0.102 e. The second-order valence-corrected chi connectivity index (χ2v) is 7.28. The molecule has 0 spiro atoms. The number of nitrogens with one attached hydrogen (secondary N) is 1. The zero-order valence-electron chi connectivity index (χ0n) is 12.0. The molecule has 0 aliphatic heterocycles. The van der Waals surface area contributed by atoms with Crippen LogP contribution in [-0.4, -0.2) is 11.8 Å². The van der Waals surface area contributed by atoms with Crippen molar-refractivity contribution in [3.63, 3.8) is 0 Å². The highest BCUT2D eigenvalue weighted by molar-refractivity contribution is 7.99. The largest absolute Gasteiger partial charge is 0.381 e. The summed E-state index contributed by atoms with van der Waals surface area (Å²) in [6, 6.07) is 8.98. The molecule has 1 saturated carbocycles. The monoisotopic (exact) mass is 274 g/mol. The molecule has 1 aromatic carbocycles. The number of thioether (sulfide) groups is 1. The minimum Gasteiger partial charge on any atom is -0.381 e. The quantitative estimate of drug-likeness (QED) is 0.811. The van der Waals surface area contributed by atoms with Gasteiger partial charge in [0, 0.05) is 10.9 Å². The summed E-state index contributed by atoms with van der Waals surface area (Å²) in [5.74, 6) is 0.995. The van der Waals surface area contributed by atoms with Crippen LogP contribution in [0.2, 0.25) is 0 Å². The van der Waals surface area contributed by atoms with Crippen molar-refractivity contribution in [1.29, 1.82) is 5.26 Å². The van der Waals surface area contributed by atoms with Crippen LogP contribution in [0.5, 0.6) is 0 Å². The smallest absolute Gasteiger partial charge is 0.102 e. The lowest BCUT2D eigenvalue weighted by atomic mass is 9.92. The lowest BCUT2D eigenvalue weighted by molar-refractivity contribution is 0.378. The van der Waals surface area contributed by atoms with E-state index in [9.17, 15) is 5.26 Å². The van der Waals surface area contributed by atoms with E-state index in [1.54, 1.807) is 11.8 Å². The van der Waals surface area contributed by atoms with E-state index in [4.69, 9.17) is 0 Å². The van der Waals surface area contributed by atoms with Gasteiger partial charge in [0.1, 0.15) is 6.07 Å². The molecule has 1 N–H and O–H groups in total. The fourth-order valence-corrected chi connectivity index (χ4v) is 3.61. The minimum absolute atomic E-state index is 0.431. The zero-order chi connectivity index (χ0) is 13.9. The highest BCUT2D eigenvalue weighted by Crippen LogP contribution is 2.39. The number of hydrogen-bond donors (Lipinski definition) is 1. The number of rotatable bonds is 4. The molecule has 0 aromatic heterocycles. The Hall–Kier alpha value is -1.14. The summed E-state index contributed by atoms with van der Waals surface area (Å²) >= 11 is 1.74. The Morgan fingerprint density at radius 1 is 1.47 bits per heavy atom. The molecule has 1 aliphatic carbocycles. The van der Waals surface area contributed by atoms with Crippen molar-refractivity contribution in [1.82, 2.24) is 0 Å². The van der Waals surface area contributed by atoms with E-state index in [-0.39, 0.29) is 0 Å². The molecule has 2 nitrogen and oxygen atoms in total. The normalized spacial score (nSPS) is 21.1. The summed E-state index contributed by atoms with van der Waals surface area (Å²) in [5.41, 5.74) is 2.24. The fraction of sp³-hybridized carbons (Fsp3) is 0.562. The van der Waals surface area contributed by atoms with Gasteiger partial charge in [-0.25, -0.2) is 0 Å². The van der Waals surface area contributed by atoms with Gasteiger partial charge in [-0.3, -0.25) is 0 Å². The van der Waals surface area contributed by atoms with Crippen LogP contribution in [-0.2, 0) is 0 Å². The van der Waals surface area contributed by atoms with Crippen LogP contribution in [0.1, 0.15) is 45.6 Å². The maximum absolute atomic E-state index is 9.40. The van der Waals surface area contributed by atoms with Crippen molar-refractivity contribution in [2.75, 3.05) is 11.1 Å². The Bertz CT molecular complexity index is 488. The lowest BCUT2D eigenvalue weighted by Crippen LogP contribution is -2.18. The van der Waals surface area contributed by atoms with Gasteiger partial charge in [-0.1, -0.05) is 26.8 Å². The average Bonchev–Trinajstić information content (AvgIpc) is 2.69. The number of anilines is 1. The van der Waals surface area contributed by atoms with Gasteiger partial charge in [0.15, 0.2) is 0 Å². The molecule has 1 unspecified atom stereocenters. The zero-order valence-corrected chi connectivity index (χ0v) is 12.8. The molecule has 0 amide bonds. The van der Waals surface area contributed by atoms with Crippen LogP contribution in [0.4, 0.5) is 5.69 Å². The highest BCUT2D eigenvalue weighted by atomic mass is 32.2. The van der Waals surface area contributed by atoms with Crippen LogP contribution in [0, 0.1) is 16.7 Å². The Labute approximate surface area is 120 Å². The Morgan fingerprint density at radius 2 is 2.26 bits per heavy atom. The van der Waals surface area contributed by atoms with Crippen LogP contribution in [0.3, 0.4) is 0 Å². The standard InChI is InChI=1S/C16H22N2S/c1-4-19-15-7-5-6-14(13(15)11-17)18-12-8-9-16(2,3)10-12/h5-7,12,18H,4,8-10H2,1-3H3. The second kappa shape index (κ2) is 5.88. The number of nitrogens with zero attached hydrogens (tertiary/aromatic N) is 1. The van der Waals surface area contributed by atoms with Crippen molar-refractivity contribution in [2.24, 2.45) is 5.41 Å². The molecule has 1 fully saturated rings. The first-order chi connectivity index (χ1) is 9.05. The number of benzene rings is 1. The van der Waals surface area contributed by atoms with Crippen LogP contribution < -0.4 is 5.32 Å². The summed E-state index contributed by atoms with van der Waals surface area (Å²) in [5, 5.41) is 13.0. The molecule has 1 aliphatic rings. The van der Waals surface area contributed by atoms with Crippen LogP contribution in [0.15, 0.2) is 23.1 Å². The molecule has 2 rings (SSSR count). The fourth-order valence-electron chi connectivity index (χ4n) is 2.82. The van der Waals surface area contributed by atoms with Crippen molar-refractivity contribution >= 4 is 17.4 Å². The van der Waals surface area contributed by atoms with E-state index in [1.165, 1.54) is 19.3 Å². The minimum atomic E-state index is 0.431. The molecule has 0 heterocycles. The summed E-state index contributed by atoms with van der Waals surface area (Å²) < 4.78 is 0. The molecule has 19 heavy (non-hydrogen) atoms. The van der Waals surface area contributed by atoms with E-state index in [0.29, 0.717) is 11.5 Å². The van der Waals surface area contributed by atoms with Crippen molar-refractivity contribution in [3.8, 4) is 6.07 Å². The first-order valence-corrected chi connectivity index (χ1v) is 7.97. The molecule has 0 saturated heterocycles. The van der Waals surface area contributed by atoms with E-state index < -0.39 is 0 Å². The van der Waals surface area contributed by atoms with Crippen molar-refractivity contribution in [3.05, 3.63) is 23.8 Å². The molecule has 102 valence electrons. The van der Waals surface area contributed by atoms with Crippen LogP contribution in [0.25, 0.3) is 0 Å². The van der Waals surface area contributed by atoms with E-state index in [2.05, 4.69) is 32.2 Å². The lowest BCUT2D eigenvalue weighted by Gasteiger charge is -2.19. The maximum atomic E-state index is 9.40. The van der Waals surface area contributed by atoms with Gasteiger partial charge in [-0.15, -0.1) is 11.8 Å². The van der Waals surface area contributed by atoms with Gasteiger partial charge in [-0.2, -0.15) is 5.26 Å². The molecule has 3 heteroatoms. The Balaban J connectivity index is 2.17. The molecule has 0 bridgehead atoms. The van der Waals surface area contributed by atoms with Gasteiger partial charge in [-0.05, 0) is 42.6 Å². The molecule has 1 aromatic rings. The average molecular weight is 274 g/mol. The summed E-state index contributed by atoms with van der Waals surface area (Å²) in [6.45, 7) is 6.76. The summed E-state index contributed by atoms with van der Waals surface area (Å²) in [7, 11) is 0. The van der Waals surface area contributed by atoms with Gasteiger partial charge in [0.25, 0.3) is 0 Å². The summed E-state index contributed by atoms with van der Waals surface area (Å²) in [4.78, 5) is 1.09. The van der Waals surface area contributed by atoms with E-state index >= 15 is 0 Å². The number of hydrogen-bond acceptors (Lipinski definition) is 3. The topological polar surface area (TPSA) is 35.8 Å². The van der Waals surface area contributed by atoms with Gasteiger partial charge in [0.05, 0.1) is 11.3 Å². The number of nitriles is 1. The molecule has 0 radical (unpaired) electrons. The van der Waals surface area contributed by atoms with Gasteiger partial charge in [0.2, 0.25) is 0 Å². The predicted octanol–water partition coefficient (Wildman–Crippen LogP) is 4.66. The Kier molecular flexibility index (Phi) is 4.42. The molecular formula is C16H22N2S. The Morgan fingerprint density at radius 3 is 2.84 bits per heavy atom. The second-order valence-electron chi connectivity index (χ2n) is 5.97. The SMILES string of the molecule is CCSc1cccc(NC2CCC(C)(C)C2)c1C#N. The third-order valence-corrected chi connectivity index (χ3v) is 4.71.